The Morgan fingerprint density at radius 3 is 1.21 bits per heavy atom. The molecule has 68 heavy (non-hydrogen) atoms. The molecule has 0 aromatic rings. The molecule has 0 bridgehead atoms. The van der Waals surface area contributed by atoms with Gasteiger partial charge in [0.2, 0.25) is 5.91 Å². The molecule has 0 saturated carbocycles. The quantitative estimate of drug-likeness (QED) is 0.0243. The van der Waals surface area contributed by atoms with Gasteiger partial charge in [-0.2, -0.15) is 0 Å². The average Bonchev–Trinajstić information content (AvgIpc) is 3.30. The van der Waals surface area contributed by atoms with Gasteiger partial charge >= 0.3 is 7.82 Å². The molecule has 1 amide bonds. The fourth-order valence-corrected chi connectivity index (χ4v) is 9.16. The lowest BCUT2D eigenvalue weighted by Crippen LogP contribution is -2.45. The van der Waals surface area contributed by atoms with Crippen LogP contribution in [0, 0.1) is 0 Å². The zero-order valence-electron chi connectivity index (χ0n) is 45.6. The van der Waals surface area contributed by atoms with Gasteiger partial charge in [0.15, 0.2) is 0 Å². The van der Waals surface area contributed by atoms with Crippen LogP contribution in [0.15, 0.2) is 48.6 Å². The van der Waals surface area contributed by atoms with Gasteiger partial charge in [-0.3, -0.25) is 13.8 Å². The van der Waals surface area contributed by atoms with E-state index < -0.39 is 20.0 Å². The van der Waals surface area contributed by atoms with Crippen molar-refractivity contribution in [1.82, 2.24) is 5.32 Å². The van der Waals surface area contributed by atoms with Crippen molar-refractivity contribution in [1.29, 1.82) is 0 Å². The molecule has 0 heterocycles. The number of allylic oxidation sites excluding steroid dienone is 7. The molecule has 0 aromatic carbocycles. The van der Waals surface area contributed by atoms with E-state index in [9.17, 15) is 19.4 Å². The summed E-state index contributed by atoms with van der Waals surface area (Å²) in [6.07, 6.45) is 66.7. The van der Waals surface area contributed by atoms with Crippen LogP contribution in [0.25, 0.3) is 0 Å². The van der Waals surface area contributed by atoms with Crippen molar-refractivity contribution >= 4 is 13.7 Å². The highest BCUT2D eigenvalue weighted by Crippen LogP contribution is 2.43. The second-order valence-electron chi connectivity index (χ2n) is 21.0. The zero-order valence-corrected chi connectivity index (χ0v) is 46.5. The highest BCUT2D eigenvalue weighted by atomic mass is 31.2. The number of unbranched alkanes of at least 4 members (excludes halogenated alkanes) is 34. The number of hydrogen-bond acceptors (Lipinski definition) is 5. The minimum Gasteiger partial charge on any atom is -0.387 e. The Hall–Kier alpha value is -1.54. The van der Waals surface area contributed by atoms with Crippen LogP contribution in [-0.4, -0.2) is 73.4 Å². The van der Waals surface area contributed by atoms with Gasteiger partial charge in [0.1, 0.15) is 13.2 Å². The Balaban J connectivity index is 4.02. The third kappa shape index (κ3) is 52.3. The van der Waals surface area contributed by atoms with Crippen LogP contribution in [-0.2, 0) is 18.4 Å². The van der Waals surface area contributed by atoms with Crippen molar-refractivity contribution in [2.75, 3.05) is 40.9 Å². The lowest BCUT2D eigenvalue weighted by Gasteiger charge is -2.25. The second-order valence-corrected chi connectivity index (χ2v) is 22.4. The third-order valence-corrected chi connectivity index (χ3v) is 14.0. The predicted octanol–water partition coefficient (Wildman–Crippen LogP) is 17.5. The van der Waals surface area contributed by atoms with E-state index in [2.05, 4.69) is 55.6 Å². The lowest BCUT2D eigenvalue weighted by molar-refractivity contribution is -0.870. The van der Waals surface area contributed by atoms with Gasteiger partial charge in [-0.05, 0) is 70.6 Å². The molecule has 0 aliphatic heterocycles. The number of phosphoric ester groups is 1. The van der Waals surface area contributed by atoms with Crippen LogP contribution < -0.4 is 5.32 Å². The largest absolute Gasteiger partial charge is 0.472 e. The van der Waals surface area contributed by atoms with Crippen molar-refractivity contribution in [2.45, 2.75) is 283 Å². The molecular formula is C59H114N2O6P+. The van der Waals surface area contributed by atoms with Crippen molar-refractivity contribution in [3.8, 4) is 0 Å². The number of aliphatic hydroxyl groups is 1. The number of amides is 1. The Bertz CT molecular complexity index is 1250. The number of quaternary nitrogens is 1. The molecule has 0 aliphatic rings. The number of nitrogens with one attached hydrogen (secondary N) is 1. The van der Waals surface area contributed by atoms with E-state index in [0.717, 1.165) is 51.4 Å². The Morgan fingerprint density at radius 1 is 0.485 bits per heavy atom. The fraction of sp³-hybridized carbons (Fsp3) is 0.847. The standard InChI is InChI=1S/C59H113N2O6P/c1-6-8-10-12-14-16-18-20-21-22-23-24-25-26-27-28-29-30-31-32-33-34-35-36-37-38-39-41-43-45-47-49-51-53-59(63)60-57(56-67-68(64,65)66-55-54-61(3,4)5)58(62)52-50-48-46-44-42-40-19-17-15-13-11-9-7-2/h15,17,26-27,42,44,50,52,57-58,62H,6-14,16,18-25,28-41,43,45-49,51,53-56H2,1-5H3,(H-,60,63,64,65)/p+1/b17-15+,27-26-,44-42+,52-50+. The maximum atomic E-state index is 12.9. The van der Waals surface area contributed by atoms with Crippen LogP contribution in [0.3, 0.4) is 0 Å². The molecule has 3 unspecified atom stereocenters. The first kappa shape index (κ1) is 66.5. The second kappa shape index (κ2) is 50.4. The minimum atomic E-state index is -4.35. The zero-order chi connectivity index (χ0) is 49.9. The summed E-state index contributed by atoms with van der Waals surface area (Å²) >= 11 is 0. The predicted molar refractivity (Wildman–Crippen MR) is 295 cm³/mol. The van der Waals surface area contributed by atoms with E-state index in [1.807, 2.05) is 27.2 Å². The summed E-state index contributed by atoms with van der Waals surface area (Å²) < 4.78 is 23.6. The van der Waals surface area contributed by atoms with Gasteiger partial charge < -0.3 is 19.8 Å². The Labute approximate surface area is 422 Å². The molecule has 0 rings (SSSR count). The summed E-state index contributed by atoms with van der Waals surface area (Å²) in [4.78, 5) is 23.2. The average molecular weight is 979 g/mol. The molecule has 0 saturated heterocycles. The van der Waals surface area contributed by atoms with Gasteiger partial charge in [-0.1, -0.05) is 242 Å². The number of likely N-dealkylation sites (N-methyl/N-ethyl adjacent to an activating group) is 1. The van der Waals surface area contributed by atoms with Crippen molar-refractivity contribution in [3.05, 3.63) is 48.6 Å². The van der Waals surface area contributed by atoms with Gasteiger partial charge in [-0.15, -0.1) is 0 Å². The van der Waals surface area contributed by atoms with Crippen LogP contribution in [0.5, 0.6) is 0 Å². The van der Waals surface area contributed by atoms with Crippen molar-refractivity contribution in [3.63, 3.8) is 0 Å². The first-order chi connectivity index (χ1) is 33.0. The molecule has 3 atom stereocenters. The van der Waals surface area contributed by atoms with E-state index in [1.54, 1.807) is 6.08 Å². The SMILES string of the molecule is CCCCC/C=C/CC/C=C/CC/C=C/C(O)C(COP(=O)(O)OCC[N+](C)(C)C)NC(=O)CCCCCCCCCCCCCCCCCCC/C=C\CCCCCCCCCCCCCC. The normalized spacial score (nSPS) is 14.3. The monoisotopic (exact) mass is 978 g/mol. The van der Waals surface area contributed by atoms with Gasteiger partial charge in [0.05, 0.1) is 39.9 Å². The maximum absolute atomic E-state index is 12.9. The molecule has 400 valence electrons. The van der Waals surface area contributed by atoms with E-state index in [-0.39, 0.29) is 19.1 Å². The summed E-state index contributed by atoms with van der Waals surface area (Å²) in [6, 6.07) is -0.868. The van der Waals surface area contributed by atoms with Gasteiger partial charge in [0, 0.05) is 6.42 Å². The number of nitrogens with zero attached hydrogens (tertiary/aromatic N) is 1. The number of carbonyl (C=O) groups excluding carboxylic acids is 1. The Kier molecular flexibility index (Phi) is 49.3. The molecule has 9 heteroatoms. The number of rotatable bonds is 53. The van der Waals surface area contributed by atoms with Gasteiger partial charge in [-0.25, -0.2) is 4.57 Å². The fourth-order valence-electron chi connectivity index (χ4n) is 8.42. The van der Waals surface area contributed by atoms with Crippen molar-refractivity contribution < 1.29 is 32.9 Å². The van der Waals surface area contributed by atoms with Crippen LogP contribution in [0.2, 0.25) is 0 Å². The highest BCUT2D eigenvalue weighted by molar-refractivity contribution is 7.47. The molecular weight excluding hydrogens is 864 g/mol. The minimum absolute atomic E-state index is 0.0536. The summed E-state index contributed by atoms with van der Waals surface area (Å²) in [5.41, 5.74) is 0. The van der Waals surface area contributed by atoms with E-state index in [1.165, 1.54) is 199 Å². The smallest absolute Gasteiger partial charge is 0.387 e. The number of phosphoric acid groups is 1. The molecule has 0 aliphatic carbocycles. The molecule has 0 fully saturated rings. The Morgan fingerprint density at radius 2 is 0.809 bits per heavy atom. The summed E-state index contributed by atoms with van der Waals surface area (Å²) in [5, 5.41) is 13.8. The first-order valence-electron chi connectivity index (χ1n) is 29.0. The van der Waals surface area contributed by atoms with E-state index >= 15 is 0 Å². The topological polar surface area (TPSA) is 105 Å². The van der Waals surface area contributed by atoms with Crippen LogP contribution in [0.4, 0.5) is 0 Å². The molecule has 8 nitrogen and oxygen atoms in total. The number of aliphatic hydroxyl groups excluding tert-OH is 1. The summed E-state index contributed by atoms with van der Waals surface area (Å²) in [5.74, 6) is -0.189. The third-order valence-electron chi connectivity index (χ3n) is 13.0. The number of hydrogen-bond donors (Lipinski definition) is 3. The van der Waals surface area contributed by atoms with Crippen LogP contribution >= 0.6 is 7.82 Å². The molecule has 0 radical (unpaired) electrons. The van der Waals surface area contributed by atoms with E-state index in [0.29, 0.717) is 17.4 Å². The summed E-state index contributed by atoms with van der Waals surface area (Å²) in [7, 11) is 1.55. The maximum Gasteiger partial charge on any atom is 0.472 e. The van der Waals surface area contributed by atoms with E-state index in [4.69, 9.17) is 9.05 Å². The lowest BCUT2D eigenvalue weighted by atomic mass is 10.0. The van der Waals surface area contributed by atoms with Crippen molar-refractivity contribution in [2.24, 2.45) is 0 Å². The van der Waals surface area contributed by atoms with Crippen LogP contribution in [0.1, 0.15) is 271 Å². The molecule has 3 N–H and O–H groups in total. The molecule has 0 spiro atoms. The molecule has 0 aromatic heterocycles. The highest BCUT2D eigenvalue weighted by Gasteiger charge is 2.27. The summed E-state index contributed by atoms with van der Waals surface area (Å²) in [6.45, 7) is 4.77. The number of carbonyl (C=O) groups is 1. The van der Waals surface area contributed by atoms with Gasteiger partial charge in [0.25, 0.3) is 0 Å². The first-order valence-corrected chi connectivity index (χ1v) is 30.5.